The fourth-order valence-electron chi connectivity index (χ4n) is 0.984. The molecule has 0 atom stereocenters. The van der Waals surface area contributed by atoms with E-state index in [-0.39, 0.29) is 0 Å². The van der Waals surface area contributed by atoms with Crippen molar-refractivity contribution in [1.29, 1.82) is 0 Å². The number of para-hydroxylation sites is 1. The maximum atomic E-state index is 11.0. The molecule has 0 N–H and O–H groups in total. The summed E-state index contributed by atoms with van der Waals surface area (Å²) in [5.74, 6) is -0.397. The quantitative estimate of drug-likeness (QED) is 0.512. The minimum atomic E-state index is -0.793. The van der Waals surface area contributed by atoms with Gasteiger partial charge in [0.2, 0.25) is 5.91 Å². The third-order valence-corrected chi connectivity index (χ3v) is 1.67. The van der Waals surface area contributed by atoms with Crippen LogP contribution >= 0.6 is 11.6 Å². The van der Waals surface area contributed by atoms with Gasteiger partial charge in [-0.1, -0.05) is 18.2 Å². The summed E-state index contributed by atoms with van der Waals surface area (Å²) >= 11 is 5.24. The van der Waals surface area contributed by atoms with Crippen LogP contribution in [0, 0.1) is 0 Å². The molecule has 0 radical (unpaired) electrons. The Hall–Kier alpha value is -1.35. The zero-order valence-corrected chi connectivity index (χ0v) is 7.78. The molecule has 2 amide bonds. The van der Waals surface area contributed by atoms with E-state index < -0.39 is 11.3 Å². The average molecular weight is 198 g/mol. The highest BCUT2D eigenvalue weighted by molar-refractivity contribution is 6.68. The summed E-state index contributed by atoms with van der Waals surface area (Å²) in [4.78, 5) is 22.8. The van der Waals surface area contributed by atoms with Gasteiger partial charge in [0.05, 0.1) is 5.69 Å². The molecule has 4 heteroatoms. The van der Waals surface area contributed by atoms with Crippen LogP contribution < -0.4 is 4.90 Å². The van der Waals surface area contributed by atoms with Crippen LogP contribution in [0.25, 0.3) is 0 Å². The van der Waals surface area contributed by atoms with Gasteiger partial charge in [0, 0.05) is 6.92 Å². The fourth-order valence-corrected chi connectivity index (χ4v) is 1.20. The first-order valence-electron chi connectivity index (χ1n) is 3.68. The molecule has 0 aliphatic heterocycles. The largest absolute Gasteiger partial charge is 0.327 e. The van der Waals surface area contributed by atoms with Crippen LogP contribution in [0.3, 0.4) is 0 Å². The Morgan fingerprint density at radius 3 is 2.15 bits per heavy atom. The summed E-state index contributed by atoms with van der Waals surface area (Å²) in [6, 6.07) is 8.53. The number of amides is 2. The van der Waals surface area contributed by atoms with E-state index in [0.717, 1.165) is 4.90 Å². The highest BCUT2D eigenvalue weighted by atomic mass is 35.5. The first-order chi connectivity index (χ1) is 6.13. The van der Waals surface area contributed by atoms with Crippen molar-refractivity contribution in [3.63, 3.8) is 0 Å². The number of hydrogen-bond donors (Lipinski definition) is 0. The maximum absolute atomic E-state index is 11.0. The third-order valence-electron chi connectivity index (χ3n) is 1.51. The molecule has 0 unspecified atom stereocenters. The second kappa shape index (κ2) is 4.05. The number of hydrogen-bond acceptors (Lipinski definition) is 2. The van der Waals surface area contributed by atoms with Crippen LogP contribution in [-0.4, -0.2) is 11.3 Å². The molecule has 0 aliphatic carbocycles. The minimum absolute atomic E-state index is 0.397. The summed E-state index contributed by atoms with van der Waals surface area (Å²) in [5, 5.41) is -0.793. The minimum Gasteiger partial charge on any atom is -0.274 e. The Kier molecular flexibility index (Phi) is 3.03. The van der Waals surface area contributed by atoms with Crippen LogP contribution in [0.5, 0.6) is 0 Å². The van der Waals surface area contributed by atoms with Crippen LogP contribution in [0.2, 0.25) is 0 Å². The predicted molar refractivity (Wildman–Crippen MR) is 50.9 cm³/mol. The average Bonchev–Trinajstić information content (AvgIpc) is 2.04. The van der Waals surface area contributed by atoms with E-state index in [1.165, 1.54) is 6.92 Å². The molecule has 0 saturated carbocycles. The van der Waals surface area contributed by atoms with Crippen molar-refractivity contribution in [3.05, 3.63) is 30.3 Å². The normalized spacial score (nSPS) is 9.38. The monoisotopic (exact) mass is 197 g/mol. The zero-order chi connectivity index (χ0) is 9.84. The zero-order valence-electron chi connectivity index (χ0n) is 7.03. The Labute approximate surface area is 80.9 Å². The predicted octanol–water partition coefficient (Wildman–Crippen LogP) is 2.40. The van der Waals surface area contributed by atoms with Gasteiger partial charge in [-0.2, -0.15) is 0 Å². The van der Waals surface area contributed by atoms with Gasteiger partial charge in [-0.3, -0.25) is 9.59 Å². The second-order valence-electron chi connectivity index (χ2n) is 2.44. The molecule has 0 bridgehead atoms. The molecule has 13 heavy (non-hydrogen) atoms. The number of imide groups is 1. The summed E-state index contributed by atoms with van der Waals surface area (Å²) < 4.78 is 0. The SMILES string of the molecule is CC(=O)N(C(=O)Cl)c1ccccc1. The number of carbonyl (C=O) groups is 2. The molecule has 3 nitrogen and oxygen atoms in total. The lowest BCUT2D eigenvalue weighted by molar-refractivity contribution is -0.115. The van der Waals surface area contributed by atoms with Crippen molar-refractivity contribution < 1.29 is 9.59 Å². The van der Waals surface area contributed by atoms with Crippen molar-refractivity contribution >= 4 is 28.6 Å². The van der Waals surface area contributed by atoms with E-state index in [1.54, 1.807) is 30.3 Å². The van der Waals surface area contributed by atoms with Crippen LogP contribution in [-0.2, 0) is 4.79 Å². The Morgan fingerprint density at radius 1 is 1.23 bits per heavy atom. The lowest BCUT2D eigenvalue weighted by Gasteiger charge is -2.14. The lowest BCUT2D eigenvalue weighted by atomic mass is 10.3. The molecule has 0 fully saturated rings. The van der Waals surface area contributed by atoms with Crippen LogP contribution in [0.1, 0.15) is 6.92 Å². The fraction of sp³-hybridized carbons (Fsp3) is 0.111. The standard InChI is InChI=1S/C9H8ClNO2/c1-7(12)11(9(10)13)8-5-3-2-4-6-8/h2-6H,1H3. The Bertz CT molecular complexity index is 310. The van der Waals surface area contributed by atoms with E-state index in [4.69, 9.17) is 11.6 Å². The van der Waals surface area contributed by atoms with Crippen LogP contribution in [0.4, 0.5) is 10.5 Å². The molecular formula is C9H8ClNO2. The topological polar surface area (TPSA) is 37.4 Å². The number of rotatable bonds is 1. The Balaban J connectivity index is 3.03. The van der Waals surface area contributed by atoms with E-state index >= 15 is 0 Å². The van der Waals surface area contributed by atoms with Gasteiger partial charge in [0.15, 0.2) is 0 Å². The first kappa shape index (κ1) is 9.74. The van der Waals surface area contributed by atoms with Gasteiger partial charge in [-0.25, -0.2) is 4.90 Å². The van der Waals surface area contributed by atoms with Gasteiger partial charge in [0.25, 0.3) is 0 Å². The molecule has 0 heterocycles. The molecular weight excluding hydrogens is 190 g/mol. The maximum Gasteiger partial charge on any atom is 0.327 e. The molecule has 1 aromatic rings. The van der Waals surface area contributed by atoms with Gasteiger partial charge in [-0.05, 0) is 23.7 Å². The van der Waals surface area contributed by atoms with E-state index in [2.05, 4.69) is 0 Å². The van der Waals surface area contributed by atoms with Gasteiger partial charge < -0.3 is 0 Å². The molecule has 0 spiro atoms. The molecule has 0 aliphatic rings. The summed E-state index contributed by atoms with van der Waals surface area (Å²) in [6.45, 7) is 1.28. The highest BCUT2D eigenvalue weighted by Crippen LogP contribution is 2.15. The van der Waals surface area contributed by atoms with Gasteiger partial charge in [0.1, 0.15) is 0 Å². The summed E-state index contributed by atoms with van der Waals surface area (Å²) in [5.41, 5.74) is 0.481. The van der Waals surface area contributed by atoms with Gasteiger partial charge >= 0.3 is 5.37 Å². The molecule has 1 rings (SSSR count). The second-order valence-corrected chi connectivity index (χ2v) is 2.77. The smallest absolute Gasteiger partial charge is 0.274 e. The first-order valence-corrected chi connectivity index (χ1v) is 4.06. The number of halogens is 1. The molecule has 0 saturated heterocycles. The summed E-state index contributed by atoms with van der Waals surface area (Å²) in [6.07, 6.45) is 0. The molecule has 68 valence electrons. The van der Waals surface area contributed by atoms with E-state index in [0.29, 0.717) is 5.69 Å². The van der Waals surface area contributed by atoms with Crippen molar-refractivity contribution in [2.24, 2.45) is 0 Å². The van der Waals surface area contributed by atoms with E-state index in [1.807, 2.05) is 0 Å². The van der Waals surface area contributed by atoms with Crippen molar-refractivity contribution in [2.45, 2.75) is 6.92 Å². The van der Waals surface area contributed by atoms with E-state index in [9.17, 15) is 9.59 Å². The Morgan fingerprint density at radius 2 is 1.77 bits per heavy atom. The number of benzene rings is 1. The van der Waals surface area contributed by atoms with Crippen molar-refractivity contribution in [2.75, 3.05) is 4.90 Å². The number of carbonyl (C=O) groups excluding carboxylic acids is 2. The van der Waals surface area contributed by atoms with Crippen molar-refractivity contribution in [1.82, 2.24) is 0 Å². The van der Waals surface area contributed by atoms with Crippen molar-refractivity contribution in [3.8, 4) is 0 Å². The lowest BCUT2D eigenvalue weighted by Crippen LogP contribution is -2.30. The van der Waals surface area contributed by atoms with Crippen LogP contribution in [0.15, 0.2) is 30.3 Å². The number of nitrogens with zero attached hydrogens (tertiary/aromatic N) is 1. The molecule has 0 aromatic heterocycles. The molecule has 1 aromatic carbocycles. The third kappa shape index (κ3) is 2.29. The van der Waals surface area contributed by atoms with Gasteiger partial charge in [-0.15, -0.1) is 0 Å². The highest BCUT2D eigenvalue weighted by Gasteiger charge is 2.16. The number of anilines is 1. The summed E-state index contributed by atoms with van der Waals surface area (Å²) in [7, 11) is 0.